The van der Waals surface area contributed by atoms with E-state index >= 15 is 4.39 Å². The first-order valence-corrected chi connectivity index (χ1v) is 15.5. The van der Waals surface area contributed by atoms with Crippen LogP contribution in [0.25, 0.3) is 32.9 Å². The van der Waals surface area contributed by atoms with Crippen molar-refractivity contribution < 1.29 is 14.2 Å². The van der Waals surface area contributed by atoms with Gasteiger partial charge in [-0.05, 0) is 74.4 Å². The van der Waals surface area contributed by atoms with Gasteiger partial charge in [0, 0.05) is 43.5 Å². The Morgan fingerprint density at radius 3 is 2.55 bits per heavy atom. The van der Waals surface area contributed by atoms with Crippen LogP contribution in [0, 0.1) is 5.82 Å². The number of aliphatic hydroxyl groups is 1. The summed E-state index contributed by atoms with van der Waals surface area (Å²) in [5, 5.41) is 15.9. The fourth-order valence-corrected chi connectivity index (χ4v) is 8.09. The number of halogens is 1. The summed E-state index contributed by atoms with van der Waals surface area (Å²) in [6.45, 7) is 4.41. The number of ether oxygens (including phenoxy) is 1. The number of aromatic nitrogens is 3. The van der Waals surface area contributed by atoms with Gasteiger partial charge in [-0.3, -0.25) is 9.88 Å². The topological polar surface area (TPSA) is 86.6 Å². The highest BCUT2D eigenvalue weighted by atomic mass is 19.1. The molecule has 8 nitrogen and oxygen atoms in total. The molecule has 0 radical (unpaired) electrons. The first-order chi connectivity index (χ1) is 20.6. The maximum absolute atomic E-state index is 16.8. The predicted molar refractivity (Wildman–Crippen MR) is 161 cm³/mol. The highest BCUT2D eigenvalue weighted by Gasteiger charge is 2.45. The Labute approximate surface area is 244 Å². The number of nitrogens with zero attached hydrogens (tertiary/aromatic N) is 5. The van der Waals surface area contributed by atoms with E-state index in [0.717, 1.165) is 68.2 Å². The molecule has 42 heavy (non-hydrogen) atoms. The van der Waals surface area contributed by atoms with E-state index in [4.69, 9.17) is 19.7 Å². The second-order valence-electron chi connectivity index (χ2n) is 12.6. The summed E-state index contributed by atoms with van der Waals surface area (Å²) in [5.74, 6) is 0.240. The summed E-state index contributed by atoms with van der Waals surface area (Å²) in [4.78, 5) is 19.2. The first kappa shape index (κ1) is 26.2. The lowest BCUT2D eigenvalue weighted by atomic mass is 9.95. The molecular weight excluding hydrogens is 531 g/mol. The summed E-state index contributed by atoms with van der Waals surface area (Å²) in [7, 11) is 0. The van der Waals surface area contributed by atoms with Crippen LogP contribution >= 0.6 is 0 Å². The van der Waals surface area contributed by atoms with Crippen molar-refractivity contribution in [3.8, 4) is 17.3 Å². The second-order valence-corrected chi connectivity index (χ2v) is 12.6. The van der Waals surface area contributed by atoms with Gasteiger partial charge in [0.15, 0.2) is 5.82 Å². The van der Waals surface area contributed by atoms with Gasteiger partial charge in [-0.15, -0.1) is 0 Å². The lowest BCUT2D eigenvalue weighted by molar-refractivity contribution is 0.108. The zero-order chi connectivity index (χ0) is 28.3. The molecule has 2 aromatic heterocycles. The third kappa shape index (κ3) is 4.32. The number of nitrogens with one attached hydrogen (secondary N) is 1. The monoisotopic (exact) mass is 568 g/mol. The summed E-state index contributed by atoms with van der Waals surface area (Å²) < 4.78 is 23.2. The van der Waals surface area contributed by atoms with Crippen molar-refractivity contribution in [1.29, 1.82) is 0 Å². The Balaban J connectivity index is 1.25. The number of piperazine rings is 1. The summed E-state index contributed by atoms with van der Waals surface area (Å²) in [6, 6.07) is 12.9. The number of anilines is 1. The van der Waals surface area contributed by atoms with Crippen LogP contribution < -0.4 is 15.0 Å². The molecule has 2 atom stereocenters. The van der Waals surface area contributed by atoms with Gasteiger partial charge in [0.2, 0.25) is 0 Å². The third-order valence-electron chi connectivity index (χ3n) is 10.1. The molecule has 2 N–H and O–H groups in total. The van der Waals surface area contributed by atoms with Crippen LogP contribution in [0.4, 0.5) is 10.2 Å². The minimum absolute atomic E-state index is 0.0178. The minimum Gasteiger partial charge on any atom is -0.461 e. The Kier molecular flexibility index (Phi) is 6.50. The molecule has 218 valence electrons. The van der Waals surface area contributed by atoms with Crippen LogP contribution in [0.15, 0.2) is 42.6 Å². The highest BCUT2D eigenvalue weighted by molar-refractivity contribution is 6.00. The second kappa shape index (κ2) is 10.4. The number of fused-ring (bicyclic) bond motifs is 5. The predicted octanol–water partition coefficient (Wildman–Crippen LogP) is 4.47. The maximum Gasteiger partial charge on any atom is 0.319 e. The van der Waals surface area contributed by atoms with Gasteiger partial charge in [-0.2, -0.15) is 9.97 Å². The Morgan fingerprint density at radius 1 is 1.02 bits per heavy atom. The lowest BCUT2D eigenvalue weighted by Gasteiger charge is -2.34. The summed E-state index contributed by atoms with van der Waals surface area (Å²) in [6.07, 6.45) is 9.10. The standard InChI is InChI=1S/C33H37FN6O2/c34-28-29(25-8-2-7-21-5-1-6-22(11-16-41)27(21)25)35-17-26-30(28)37-32(42-20-33-12-3-14-40(33)15-4-13-33)38-31(26)39-18-23-9-10-24(19-39)36-23/h1-2,5-8,17,23-24,36,41H,3-4,9-16,18-20H2. The molecule has 0 spiro atoms. The number of hydrogen-bond donors (Lipinski definition) is 2. The smallest absolute Gasteiger partial charge is 0.319 e. The molecule has 4 aromatic rings. The van der Waals surface area contributed by atoms with E-state index in [1.165, 1.54) is 12.8 Å². The average molecular weight is 569 g/mol. The van der Waals surface area contributed by atoms with Gasteiger partial charge in [-0.25, -0.2) is 4.39 Å². The van der Waals surface area contributed by atoms with Crippen LogP contribution in [-0.2, 0) is 6.42 Å². The molecule has 4 aliphatic rings. The molecule has 6 heterocycles. The van der Waals surface area contributed by atoms with Crippen molar-refractivity contribution in [2.75, 3.05) is 44.3 Å². The number of pyridine rings is 1. The van der Waals surface area contributed by atoms with Crippen molar-refractivity contribution in [2.24, 2.45) is 0 Å². The number of rotatable bonds is 7. The van der Waals surface area contributed by atoms with Crippen molar-refractivity contribution in [3.63, 3.8) is 0 Å². The fraction of sp³-hybridized carbons (Fsp3) is 0.485. The van der Waals surface area contributed by atoms with E-state index < -0.39 is 5.82 Å². The molecule has 2 bridgehead atoms. The SMILES string of the molecule is OCCc1cccc2cccc(-c3ncc4c(N5CC6CCC(C5)N6)nc(OCC56CCCN5CCC6)nc4c3F)c12. The Morgan fingerprint density at radius 2 is 1.79 bits per heavy atom. The minimum atomic E-state index is -0.466. The highest BCUT2D eigenvalue weighted by Crippen LogP contribution is 2.40. The first-order valence-electron chi connectivity index (χ1n) is 15.5. The van der Waals surface area contributed by atoms with E-state index in [9.17, 15) is 5.11 Å². The van der Waals surface area contributed by atoms with E-state index in [2.05, 4.69) is 15.1 Å². The van der Waals surface area contributed by atoms with Crippen LogP contribution in [0.5, 0.6) is 6.01 Å². The molecule has 4 aliphatic heterocycles. The Hall–Kier alpha value is -3.40. The van der Waals surface area contributed by atoms with Gasteiger partial charge in [0.25, 0.3) is 0 Å². The van der Waals surface area contributed by atoms with E-state index in [1.807, 2.05) is 36.4 Å². The molecular formula is C33H37FN6O2. The zero-order valence-corrected chi connectivity index (χ0v) is 23.9. The lowest BCUT2D eigenvalue weighted by Crippen LogP contribution is -2.51. The van der Waals surface area contributed by atoms with Gasteiger partial charge >= 0.3 is 6.01 Å². The third-order valence-corrected chi connectivity index (χ3v) is 10.1. The molecule has 0 aliphatic carbocycles. The molecule has 2 aromatic carbocycles. The largest absolute Gasteiger partial charge is 0.461 e. The number of benzene rings is 2. The van der Waals surface area contributed by atoms with Crippen molar-refractivity contribution >= 4 is 27.5 Å². The number of hydrogen-bond acceptors (Lipinski definition) is 8. The summed E-state index contributed by atoms with van der Waals surface area (Å²) >= 11 is 0. The average Bonchev–Trinajstić information content (AvgIpc) is 3.69. The Bertz CT molecular complexity index is 1640. The molecule has 8 rings (SSSR count). The molecule has 0 amide bonds. The van der Waals surface area contributed by atoms with Gasteiger partial charge in [-0.1, -0.05) is 36.4 Å². The van der Waals surface area contributed by atoms with Crippen LogP contribution in [0.1, 0.15) is 44.1 Å². The van der Waals surface area contributed by atoms with Gasteiger partial charge < -0.3 is 20.1 Å². The molecule has 2 unspecified atom stereocenters. The van der Waals surface area contributed by atoms with Crippen LogP contribution in [-0.4, -0.2) is 82.0 Å². The van der Waals surface area contributed by atoms with Crippen molar-refractivity contribution in [1.82, 2.24) is 25.2 Å². The van der Waals surface area contributed by atoms with Crippen LogP contribution in [0.2, 0.25) is 0 Å². The molecule has 0 saturated carbocycles. The van der Waals surface area contributed by atoms with Crippen molar-refractivity contribution in [3.05, 3.63) is 54.0 Å². The molecule has 4 fully saturated rings. The molecule has 4 saturated heterocycles. The zero-order valence-electron chi connectivity index (χ0n) is 23.9. The van der Waals surface area contributed by atoms with E-state index in [-0.39, 0.29) is 29.4 Å². The maximum atomic E-state index is 16.8. The van der Waals surface area contributed by atoms with E-state index in [0.29, 0.717) is 41.9 Å². The van der Waals surface area contributed by atoms with Crippen LogP contribution in [0.3, 0.4) is 0 Å². The van der Waals surface area contributed by atoms with E-state index in [1.54, 1.807) is 6.20 Å². The fourth-order valence-electron chi connectivity index (χ4n) is 8.09. The van der Waals surface area contributed by atoms with Gasteiger partial charge in [0.05, 0.1) is 10.9 Å². The number of aliphatic hydroxyl groups excluding tert-OH is 1. The summed E-state index contributed by atoms with van der Waals surface area (Å²) in [5.41, 5.74) is 2.21. The normalized spacial score (nSPS) is 23.2. The quantitative estimate of drug-likeness (QED) is 0.338. The molecule has 9 heteroatoms. The van der Waals surface area contributed by atoms with Crippen molar-refractivity contribution in [2.45, 2.75) is 62.6 Å². The van der Waals surface area contributed by atoms with Gasteiger partial charge in [0.1, 0.15) is 23.6 Å².